The van der Waals surface area contributed by atoms with Crippen LogP contribution in [0.2, 0.25) is 0 Å². The van der Waals surface area contributed by atoms with Gasteiger partial charge in [0.2, 0.25) is 6.04 Å². The zero-order valence-corrected chi connectivity index (χ0v) is 19.0. The maximum Gasteiger partial charge on any atom is 0.417 e. The van der Waals surface area contributed by atoms with Crippen molar-refractivity contribution in [3.8, 4) is 11.1 Å². The van der Waals surface area contributed by atoms with Crippen molar-refractivity contribution in [2.75, 3.05) is 19.7 Å². The predicted molar refractivity (Wildman–Crippen MR) is 120 cm³/mol. The number of halogens is 3. The number of nitrogens with one attached hydrogen (secondary N) is 1. The molecular formula is C25H25F3N2O5. The summed E-state index contributed by atoms with van der Waals surface area (Å²) in [4.78, 5) is 37.3. The number of likely N-dealkylation sites (tertiary alicyclic amines) is 1. The maximum atomic E-state index is 13.7. The van der Waals surface area contributed by atoms with Gasteiger partial charge in [-0.3, -0.25) is 9.59 Å². The lowest BCUT2D eigenvalue weighted by Gasteiger charge is -2.38. The number of benzene rings is 2. The molecule has 0 radical (unpaired) electrons. The fraction of sp³-hybridized carbons (Fsp3) is 0.400. The van der Waals surface area contributed by atoms with Crippen molar-refractivity contribution in [1.82, 2.24) is 10.2 Å². The first-order valence-electron chi connectivity index (χ1n) is 11.2. The summed E-state index contributed by atoms with van der Waals surface area (Å²) in [5.74, 6) is -2.74. The molecule has 2 aromatic rings. The van der Waals surface area contributed by atoms with Gasteiger partial charge in [0.1, 0.15) is 6.61 Å². The maximum absolute atomic E-state index is 13.7. The molecule has 1 aliphatic carbocycles. The van der Waals surface area contributed by atoms with Gasteiger partial charge in [0, 0.05) is 19.0 Å². The molecular weight excluding hydrogens is 465 g/mol. The second-order valence-electron chi connectivity index (χ2n) is 9.14. The Labute approximate surface area is 199 Å². The van der Waals surface area contributed by atoms with E-state index >= 15 is 0 Å². The lowest BCUT2D eigenvalue weighted by atomic mass is 9.80. The Bertz CT molecular complexity index is 1100. The van der Waals surface area contributed by atoms with E-state index in [2.05, 4.69) is 0 Å². The quantitative estimate of drug-likeness (QED) is 0.656. The van der Waals surface area contributed by atoms with E-state index in [0.29, 0.717) is 0 Å². The lowest BCUT2D eigenvalue weighted by Crippen LogP contribution is -2.58. The van der Waals surface area contributed by atoms with Crippen molar-refractivity contribution in [2.45, 2.75) is 37.9 Å². The van der Waals surface area contributed by atoms with E-state index in [4.69, 9.17) is 4.74 Å². The average Bonchev–Trinajstić information content (AvgIpc) is 3.14. The molecule has 2 aliphatic rings. The van der Waals surface area contributed by atoms with Gasteiger partial charge >= 0.3 is 18.2 Å². The van der Waals surface area contributed by atoms with Crippen LogP contribution in [0.1, 0.15) is 36.8 Å². The van der Waals surface area contributed by atoms with E-state index in [1.807, 2.05) is 48.5 Å². The number of amides is 2. The molecule has 2 amide bonds. The molecule has 0 spiro atoms. The third-order valence-corrected chi connectivity index (χ3v) is 6.88. The summed E-state index contributed by atoms with van der Waals surface area (Å²) in [5, 5.41) is 11.0. The third kappa shape index (κ3) is 4.82. The highest BCUT2D eigenvalue weighted by Crippen LogP contribution is 2.44. The average molecular weight is 490 g/mol. The van der Waals surface area contributed by atoms with E-state index in [9.17, 15) is 32.7 Å². The van der Waals surface area contributed by atoms with Crippen molar-refractivity contribution >= 4 is 18.0 Å². The lowest BCUT2D eigenvalue weighted by molar-refractivity contribution is -0.177. The Morgan fingerprint density at radius 3 is 2.06 bits per heavy atom. The third-order valence-electron chi connectivity index (χ3n) is 6.88. The minimum absolute atomic E-state index is 0.0175. The number of piperidine rings is 1. The molecule has 186 valence electrons. The van der Waals surface area contributed by atoms with Crippen LogP contribution >= 0.6 is 0 Å². The molecule has 1 aliphatic heterocycles. The summed E-state index contributed by atoms with van der Waals surface area (Å²) in [5.41, 5.74) is 2.64. The van der Waals surface area contributed by atoms with Crippen LogP contribution in [0, 0.1) is 5.41 Å². The standard InChI is InChI=1S/C25H25F3N2O5/c1-24(22(32)33)10-12-30(13-11-24)21(31)20(25(26,27)28)29-23(34)35-14-19-17-8-4-2-6-15(17)16-7-3-5-9-18(16)19/h2-9,19-20H,10-14H2,1H3,(H,29,34)(H,32,33). The number of carboxylic acids is 1. The van der Waals surface area contributed by atoms with Crippen molar-refractivity contribution in [3.63, 3.8) is 0 Å². The SMILES string of the molecule is CC1(C(=O)O)CCN(C(=O)C(NC(=O)OCC2c3ccccc3-c3ccccc32)C(F)(F)F)CC1. The van der Waals surface area contributed by atoms with Gasteiger partial charge in [-0.1, -0.05) is 48.5 Å². The van der Waals surface area contributed by atoms with Gasteiger partial charge in [0.05, 0.1) is 5.41 Å². The summed E-state index contributed by atoms with van der Waals surface area (Å²) in [6, 6.07) is 12.3. The van der Waals surface area contributed by atoms with E-state index in [-0.39, 0.29) is 38.5 Å². The van der Waals surface area contributed by atoms with Gasteiger partial charge in [-0.25, -0.2) is 4.79 Å². The first kappa shape index (κ1) is 24.6. The van der Waals surface area contributed by atoms with Crippen LogP contribution < -0.4 is 5.32 Å². The molecule has 4 rings (SSSR count). The Morgan fingerprint density at radius 2 is 1.57 bits per heavy atom. The van der Waals surface area contributed by atoms with Crippen LogP contribution in [-0.4, -0.2) is 59.9 Å². The van der Waals surface area contributed by atoms with Crippen LogP contribution in [0.3, 0.4) is 0 Å². The second-order valence-corrected chi connectivity index (χ2v) is 9.14. The van der Waals surface area contributed by atoms with Gasteiger partial charge in [0.15, 0.2) is 0 Å². The Kier molecular flexibility index (Phi) is 6.48. The minimum Gasteiger partial charge on any atom is -0.481 e. The molecule has 1 heterocycles. The number of nitrogens with zero attached hydrogens (tertiary/aromatic N) is 1. The van der Waals surface area contributed by atoms with Crippen LogP contribution in [0.4, 0.5) is 18.0 Å². The summed E-state index contributed by atoms with van der Waals surface area (Å²) in [6.07, 6.45) is -6.36. The number of aliphatic carboxylic acids is 1. The molecule has 0 aromatic heterocycles. The fourth-order valence-electron chi connectivity index (χ4n) is 4.66. The molecule has 2 N–H and O–H groups in total. The van der Waals surface area contributed by atoms with Crippen molar-refractivity contribution in [1.29, 1.82) is 0 Å². The topological polar surface area (TPSA) is 95.9 Å². The number of carbonyl (C=O) groups excluding carboxylic acids is 2. The monoisotopic (exact) mass is 490 g/mol. The van der Waals surface area contributed by atoms with Crippen molar-refractivity contribution < 1.29 is 37.4 Å². The largest absolute Gasteiger partial charge is 0.481 e. The van der Waals surface area contributed by atoms with Gasteiger partial charge in [-0.05, 0) is 42.0 Å². The smallest absolute Gasteiger partial charge is 0.417 e. The fourth-order valence-corrected chi connectivity index (χ4v) is 4.66. The number of alkyl carbamates (subject to hydrolysis) is 1. The first-order valence-corrected chi connectivity index (χ1v) is 11.2. The zero-order chi connectivity index (χ0) is 25.4. The van der Waals surface area contributed by atoms with E-state index in [1.54, 1.807) is 5.32 Å². The van der Waals surface area contributed by atoms with E-state index in [0.717, 1.165) is 27.2 Å². The van der Waals surface area contributed by atoms with Gasteiger partial charge < -0.3 is 20.1 Å². The molecule has 7 nitrogen and oxygen atoms in total. The zero-order valence-electron chi connectivity index (χ0n) is 19.0. The Hall–Kier alpha value is -3.56. The summed E-state index contributed by atoms with van der Waals surface area (Å²) in [7, 11) is 0. The molecule has 10 heteroatoms. The van der Waals surface area contributed by atoms with Crippen LogP contribution in [0.5, 0.6) is 0 Å². The number of hydrogen-bond acceptors (Lipinski definition) is 4. The van der Waals surface area contributed by atoms with Crippen molar-refractivity contribution in [3.05, 3.63) is 59.7 Å². The first-order chi connectivity index (χ1) is 16.5. The Balaban J connectivity index is 1.42. The van der Waals surface area contributed by atoms with Gasteiger partial charge in [0.25, 0.3) is 5.91 Å². The summed E-state index contributed by atoms with van der Waals surface area (Å²) in [6.45, 7) is 0.994. The molecule has 1 unspecified atom stereocenters. The highest BCUT2D eigenvalue weighted by molar-refractivity contribution is 5.87. The van der Waals surface area contributed by atoms with Gasteiger partial charge in [-0.15, -0.1) is 0 Å². The van der Waals surface area contributed by atoms with Crippen LogP contribution in [0.25, 0.3) is 11.1 Å². The Morgan fingerprint density at radius 1 is 1.06 bits per heavy atom. The molecule has 35 heavy (non-hydrogen) atoms. The molecule has 1 saturated heterocycles. The number of alkyl halides is 3. The molecule has 0 bridgehead atoms. The number of hydrogen-bond donors (Lipinski definition) is 2. The van der Waals surface area contributed by atoms with Crippen LogP contribution in [0.15, 0.2) is 48.5 Å². The van der Waals surface area contributed by atoms with Crippen molar-refractivity contribution in [2.24, 2.45) is 5.41 Å². The number of carbonyl (C=O) groups is 3. The number of carboxylic acid groups (broad SMARTS) is 1. The molecule has 1 fully saturated rings. The van der Waals surface area contributed by atoms with E-state index < -0.39 is 35.6 Å². The molecule has 2 aromatic carbocycles. The highest BCUT2D eigenvalue weighted by atomic mass is 19.4. The normalized spacial score (nSPS) is 17.8. The predicted octanol–water partition coefficient (Wildman–Crippen LogP) is 4.17. The minimum atomic E-state index is -5.05. The molecule has 1 atom stereocenters. The summed E-state index contributed by atoms with van der Waals surface area (Å²) < 4.78 is 46.2. The molecule has 0 saturated carbocycles. The number of ether oxygens (including phenoxy) is 1. The van der Waals surface area contributed by atoms with E-state index in [1.165, 1.54) is 6.92 Å². The second kappa shape index (κ2) is 9.24. The van der Waals surface area contributed by atoms with Crippen LogP contribution in [-0.2, 0) is 14.3 Å². The number of rotatable bonds is 5. The van der Waals surface area contributed by atoms with Gasteiger partial charge in [-0.2, -0.15) is 13.2 Å². The summed E-state index contributed by atoms with van der Waals surface area (Å²) >= 11 is 0. The highest BCUT2D eigenvalue weighted by Gasteiger charge is 2.49. The number of fused-ring (bicyclic) bond motifs is 3.